The van der Waals surface area contributed by atoms with E-state index in [0.717, 1.165) is 27.1 Å². The number of carboxylic acid groups (broad SMARTS) is 1. The van der Waals surface area contributed by atoms with Gasteiger partial charge < -0.3 is 9.67 Å². The van der Waals surface area contributed by atoms with Gasteiger partial charge in [0.2, 0.25) is 0 Å². The van der Waals surface area contributed by atoms with Gasteiger partial charge in [-0.05, 0) is 34.1 Å². The van der Waals surface area contributed by atoms with Crippen LogP contribution >= 0.6 is 27.3 Å². The first-order valence-electron chi connectivity index (χ1n) is 6.54. The molecular formula is C15H13BrN2O2S. The normalized spacial score (nSPS) is 11.1. The Balaban J connectivity index is 2.20. The summed E-state index contributed by atoms with van der Waals surface area (Å²) in [5.74, 6) is -0.0139. The summed E-state index contributed by atoms with van der Waals surface area (Å²) in [6.45, 7) is 2.67. The van der Waals surface area contributed by atoms with Gasteiger partial charge in [0.25, 0.3) is 0 Å². The van der Waals surface area contributed by atoms with E-state index in [9.17, 15) is 9.90 Å². The van der Waals surface area contributed by atoms with Gasteiger partial charge in [0.05, 0.1) is 23.1 Å². The molecule has 0 aliphatic heterocycles. The van der Waals surface area contributed by atoms with Crippen molar-refractivity contribution in [1.82, 2.24) is 9.55 Å². The van der Waals surface area contributed by atoms with Gasteiger partial charge in [0.1, 0.15) is 5.82 Å². The molecule has 0 unspecified atom stereocenters. The van der Waals surface area contributed by atoms with E-state index in [2.05, 4.69) is 27.0 Å². The van der Waals surface area contributed by atoms with Crippen LogP contribution in [-0.2, 0) is 13.0 Å². The highest BCUT2D eigenvalue weighted by Crippen LogP contribution is 2.26. The van der Waals surface area contributed by atoms with Crippen LogP contribution in [0.15, 0.2) is 34.1 Å². The maximum Gasteiger partial charge on any atom is 0.337 e. The van der Waals surface area contributed by atoms with Crippen LogP contribution in [-0.4, -0.2) is 20.6 Å². The molecule has 0 saturated carbocycles. The van der Waals surface area contributed by atoms with E-state index in [1.54, 1.807) is 23.5 Å². The number of aryl methyl sites for hydroxylation is 1. The molecular weight excluding hydrogens is 352 g/mol. The topological polar surface area (TPSA) is 55.1 Å². The minimum Gasteiger partial charge on any atom is -0.478 e. The zero-order valence-electron chi connectivity index (χ0n) is 11.3. The third-order valence-corrected chi connectivity index (χ3v) is 5.01. The van der Waals surface area contributed by atoms with E-state index < -0.39 is 5.97 Å². The van der Waals surface area contributed by atoms with Crippen molar-refractivity contribution in [2.45, 2.75) is 19.9 Å². The number of imidazole rings is 1. The van der Waals surface area contributed by atoms with Crippen LogP contribution in [0, 0.1) is 0 Å². The Kier molecular flexibility index (Phi) is 3.82. The quantitative estimate of drug-likeness (QED) is 0.755. The molecule has 0 bridgehead atoms. The Labute approximate surface area is 134 Å². The van der Waals surface area contributed by atoms with Crippen molar-refractivity contribution in [1.29, 1.82) is 0 Å². The van der Waals surface area contributed by atoms with Crippen LogP contribution in [0.2, 0.25) is 0 Å². The minimum atomic E-state index is -0.920. The molecule has 3 aromatic rings. The number of nitrogens with zero attached hydrogens (tertiary/aromatic N) is 2. The van der Waals surface area contributed by atoms with Gasteiger partial charge >= 0.3 is 5.97 Å². The summed E-state index contributed by atoms with van der Waals surface area (Å²) in [5.41, 5.74) is 1.74. The van der Waals surface area contributed by atoms with Crippen molar-refractivity contribution in [3.05, 3.63) is 50.4 Å². The molecule has 4 nitrogen and oxygen atoms in total. The SMILES string of the molecule is CCc1nc2cccc(C(=O)O)c2n1Cc1cc(Br)cs1. The van der Waals surface area contributed by atoms with Gasteiger partial charge in [-0.25, -0.2) is 9.78 Å². The molecule has 0 aliphatic rings. The molecule has 0 spiro atoms. The molecule has 2 heterocycles. The van der Waals surface area contributed by atoms with E-state index in [4.69, 9.17) is 0 Å². The van der Waals surface area contributed by atoms with Crippen molar-refractivity contribution < 1.29 is 9.90 Å². The fraction of sp³-hybridized carbons (Fsp3) is 0.200. The number of hydrogen-bond donors (Lipinski definition) is 1. The zero-order valence-corrected chi connectivity index (χ0v) is 13.7. The third kappa shape index (κ3) is 2.61. The smallest absolute Gasteiger partial charge is 0.337 e. The van der Waals surface area contributed by atoms with Crippen molar-refractivity contribution in [3.63, 3.8) is 0 Å². The van der Waals surface area contributed by atoms with Crippen molar-refractivity contribution in [2.75, 3.05) is 0 Å². The molecule has 0 amide bonds. The summed E-state index contributed by atoms with van der Waals surface area (Å²) >= 11 is 5.10. The highest BCUT2D eigenvalue weighted by molar-refractivity contribution is 9.10. The number of benzene rings is 1. The monoisotopic (exact) mass is 364 g/mol. The number of aromatic nitrogens is 2. The molecule has 2 aromatic heterocycles. The summed E-state index contributed by atoms with van der Waals surface area (Å²) in [7, 11) is 0. The number of hydrogen-bond acceptors (Lipinski definition) is 3. The Morgan fingerprint density at radius 3 is 2.90 bits per heavy atom. The molecule has 1 N–H and O–H groups in total. The molecule has 6 heteroatoms. The lowest BCUT2D eigenvalue weighted by Crippen LogP contribution is -2.07. The van der Waals surface area contributed by atoms with E-state index in [1.807, 2.05) is 22.9 Å². The van der Waals surface area contributed by atoms with Crippen LogP contribution in [0.1, 0.15) is 28.0 Å². The maximum atomic E-state index is 11.5. The largest absolute Gasteiger partial charge is 0.478 e. The highest BCUT2D eigenvalue weighted by atomic mass is 79.9. The Bertz CT molecular complexity index is 822. The molecule has 21 heavy (non-hydrogen) atoms. The predicted octanol–water partition coefficient (Wildman–Crippen LogP) is 4.17. The molecule has 1 aromatic carbocycles. The standard InChI is InChI=1S/C15H13BrN2O2S/c1-2-13-17-12-5-3-4-11(15(19)20)14(12)18(13)7-10-6-9(16)8-21-10/h3-6,8H,2,7H2,1H3,(H,19,20). The number of aromatic carboxylic acids is 1. The number of rotatable bonds is 4. The van der Waals surface area contributed by atoms with E-state index in [1.165, 1.54) is 0 Å². The summed E-state index contributed by atoms with van der Waals surface area (Å²) in [5, 5.41) is 11.4. The first kappa shape index (κ1) is 14.3. The van der Waals surface area contributed by atoms with Crippen LogP contribution in [0.4, 0.5) is 0 Å². The molecule has 0 aliphatic carbocycles. The lowest BCUT2D eigenvalue weighted by Gasteiger charge is -2.08. The fourth-order valence-electron chi connectivity index (χ4n) is 2.44. The third-order valence-electron chi connectivity index (χ3n) is 3.33. The number of fused-ring (bicyclic) bond motifs is 1. The number of thiophene rings is 1. The average molecular weight is 365 g/mol. The minimum absolute atomic E-state index is 0.301. The average Bonchev–Trinajstić information content (AvgIpc) is 3.03. The highest BCUT2D eigenvalue weighted by Gasteiger charge is 2.17. The van der Waals surface area contributed by atoms with Crippen LogP contribution < -0.4 is 0 Å². The van der Waals surface area contributed by atoms with E-state index in [-0.39, 0.29) is 0 Å². The van der Waals surface area contributed by atoms with Gasteiger partial charge in [-0.15, -0.1) is 11.3 Å². The fourth-order valence-corrected chi connectivity index (χ4v) is 3.88. The second kappa shape index (κ2) is 5.61. The second-order valence-electron chi connectivity index (χ2n) is 4.68. The van der Waals surface area contributed by atoms with Gasteiger partial charge in [0, 0.05) is 21.2 Å². The lowest BCUT2D eigenvalue weighted by atomic mass is 10.2. The van der Waals surface area contributed by atoms with Crippen LogP contribution in [0.25, 0.3) is 11.0 Å². The van der Waals surface area contributed by atoms with E-state index in [0.29, 0.717) is 17.6 Å². The Morgan fingerprint density at radius 1 is 1.48 bits per heavy atom. The number of carbonyl (C=O) groups is 1. The van der Waals surface area contributed by atoms with Gasteiger partial charge in [0.15, 0.2) is 0 Å². The molecule has 3 rings (SSSR count). The Morgan fingerprint density at radius 2 is 2.29 bits per heavy atom. The summed E-state index contributed by atoms with van der Waals surface area (Å²) in [6.07, 6.45) is 0.764. The van der Waals surface area contributed by atoms with Gasteiger partial charge in [-0.2, -0.15) is 0 Å². The molecule has 0 saturated heterocycles. The second-order valence-corrected chi connectivity index (χ2v) is 6.59. The first-order valence-corrected chi connectivity index (χ1v) is 8.21. The molecule has 108 valence electrons. The van der Waals surface area contributed by atoms with Crippen LogP contribution in [0.3, 0.4) is 0 Å². The zero-order chi connectivity index (χ0) is 15.0. The van der Waals surface area contributed by atoms with Crippen molar-refractivity contribution in [2.24, 2.45) is 0 Å². The predicted molar refractivity (Wildman–Crippen MR) is 87.2 cm³/mol. The molecule has 0 atom stereocenters. The van der Waals surface area contributed by atoms with Gasteiger partial charge in [-0.3, -0.25) is 0 Å². The summed E-state index contributed by atoms with van der Waals surface area (Å²) < 4.78 is 3.06. The number of para-hydroxylation sites is 1. The summed E-state index contributed by atoms with van der Waals surface area (Å²) in [6, 6.07) is 7.29. The molecule has 0 fully saturated rings. The molecule has 0 radical (unpaired) electrons. The van der Waals surface area contributed by atoms with Gasteiger partial charge in [-0.1, -0.05) is 13.0 Å². The van der Waals surface area contributed by atoms with E-state index >= 15 is 0 Å². The van der Waals surface area contributed by atoms with Crippen LogP contribution in [0.5, 0.6) is 0 Å². The lowest BCUT2D eigenvalue weighted by molar-refractivity contribution is 0.0698. The van der Waals surface area contributed by atoms with Crippen molar-refractivity contribution >= 4 is 44.3 Å². The number of halogens is 1. The van der Waals surface area contributed by atoms with Crippen molar-refractivity contribution in [3.8, 4) is 0 Å². The Hall–Kier alpha value is -1.66. The maximum absolute atomic E-state index is 11.5. The first-order chi connectivity index (χ1) is 10.1. The summed E-state index contributed by atoms with van der Waals surface area (Å²) in [4.78, 5) is 17.2. The number of carboxylic acids is 1.